The van der Waals surface area contributed by atoms with E-state index in [-0.39, 0.29) is 6.61 Å². The highest BCUT2D eigenvalue weighted by molar-refractivity contribution is 7.85. The Bertz CT molecular complexity index is 952. The number of hydrogen-bond donors (Lipinski definition) is 1. The number of hydrogen-bond acceptors (Lipinski definition) is 6. The highest BCUT2D eigenvalue weighted by Crippen LogP contribution is 2.28. The first-order chi connectivity index (χ1) is 11.4. The number of rotatable bonds is 6. The van der Waals surface area contributed by atoms with Crippen LogP contribution in [0.25, 0.3) is 10.9 Å². The molecule has 0 atom stereocenters. The first-order valence-corrected chi connectivity index (χ1v) is 9.09. The number of ether oxygens (including phenoxy) is 1. The lowest BCUT2D eigenvalue weighted by molar-refractivity contribution is 0.270. The van der Waals surface area contributed by atoms with E-state index in [4.69, 9.17) is 8.92 Å². The van der Waals surface area contributed by atoms with Crippen LogP contribution in [0.3, 0.4) is 0 Å². The highest BCUT2D eigenvalue weighted by atomic mass is 32.2. The molecule has 24 heavy (non-hydrogen) atoms. The van der Waals surface area contributed by atoms with Gasteiger partial charge in [-0.1, -0.05) is 30.3 Å². The zero-order valence-electron chi connectivity index (χ0n) is 13.3. The number of fused-ring (bicyclic) bond motifs is 1. The van der Waals surface area contributed by atoms with E-state index in [0.717, 1.165) is 22.7 Å². The number of pyridine rings is 1. The van der Waals surface area contributed by atoms with Gasteiger partial charge in [0.05, 0.1) is 35.8 Å². The van der Waals surface area contributed by atoms with Gasteiger partial charge in [-0.05, 0) is 12.5 Å². The third-order valence-corrected chi connectivity index (χ3v) is 4.04. The third-order valence-electron chi connectivity index (χ3n) is 3.49. The topological polar surface area (TPSA) is 94.2 Å². The molecule has 2 aromatic heterocycles. The Hall–Kier alpha value is -2.45. The van der Waals surface area contributed by atoms with Crippen LogP contribution in [0.2, 0.25) is 0 Å². The van der Waals surface area contributed by atoms with E-state index in [9.17, 15) is 8.42 Å². The minimum absolute atomic E-state index is 0.160. The van der Waals surface area contributed by atoms with Crippen molar-refractivity contribution in [2.75, 3.05) is 6.26 Å². The average molecular weight is 347 g/mol. The summed E-state index contributed by atoms with van der Waals surface area (Å²) in [6.45, 7) is 1.99. The molecule has 3 aromatic rings. The molecule has 0 aliphatic heterocycles. The number of aryl methyl sites for hydroxylation is 1. The Kier molecular flexibility index (Phi) is 4.50. The monoisotopic (exact) mass is 347 g/mol. The highest BCUT2D eigenvalue weighted by Gasteiger charge is 2.17. The Morgan fingerprint density at radius 2 is 1.92 bits per heavy atom. The fourth-order valence-corrected chi connectivity index (χ4v) is 2.66. The lowest BCUT2D eigenvalue weighted by Gasteiger charge is -2.12. The van der Waals surface area contributed by atoms with Gasteiger partial charge in [0.15, 0.2) is 0 Å². The molecule has 0 spiro atoms. The molecule has 2 heterocycles. The van der Waals surface area contributed by atoms with Gasteiger partial charge in [-0.25, -0.2) is 4.98 Å². The second kappa shape index (κ2) is 6.58. The van der Waals surface area contributed by atoms with E-state index in [1.165, 1.54) is 0 Å². The molecule has 0 unspecified atom stereocenters. The van der Waals surface area contributed by atoms with Crippen molar-refractivity contribution < 1.29 is 17.3 Å². The molecule has 0 aliphatic rings. The summed E-state index contributed by atoms with van der Waals surface area (Å²) in [5.74, 6) is 0.342. The van der Waals surface area contributed by atoms with Crippen LogP contribution in [-0.4, -0.2) is 29.9 Å². The molecule has 126 valence electrons. The fourth-order valence-electron chi connectivity index (χ4n) is 2.33. The summed E-state index contributed by atoms with van der Waals surface area (Å²) in [5.41, 5.74) is 2.98. The van der Waals surface area contributed by atoms with Gasteiger partial charge in [-0.15, -0.1) is 0 Å². The Balaban J connectivity index is 1.95. The number of nitrogens with one attached hydrogen (secondary N) is 1. The maximum Gasteiger partial charge on any atom is 0.264 e. The minimum Gasteiger partial charge on any atom is -0.473 e. The number of H-pyrrole nitrogens is 1. The number of aromatic nitrogens is 3. The second-order valence-electron chi connectivity index (χ2n) is 5.38. The van der Waals surface area contributed by atoms with Crippen molar-refractivity contribution in [3.8, 4) is 5.88 Å². The fraction of sp³-hybridized carbons (Fsp3) is 0.250. The quantitative estimate of drug-likeness (QED) is 0.688. The average Bonchev–Trinajstić information content (AvgIpc) is 3.02. The van der Waals surface area contributed by atoms with Gasteiger partial charge in [-0.3, -0.25) is 9.28 Å². The summed E-state index contributed by atoms with van der Waals surface area (Å²) in [4.78, 5) is 4.42. The first kappa shape index (κ1) is 16.4. The van der Waals surface area contributed by atoms with Gasteiger partial charge in [0.25, 0.3) is 10.1 Å². The van der Waals surface area contributed by atoms with Crippen molar-refractivity contribution >= 4 is 21.0 Å². The summed E-state index contributed by atoms with van der Waals surface area (Å²) in [5, 5.41) is 7.59. The Morgan fingerprint density at radius 1 is 1.17 bits per heavy atom. The van der Waals surface area contributed by atoms with Crippen LogP contribution in [0.15, 0.2) is 36.5 Å². The standard InChI is InChI=1S/C16H17N3O4S/c1-11-15-13(8-17-19-15)14(10-23-24(2,20)21)16(18-11)22-9-12-6-4-3-5-7-12/h3-8H,9-10H2,1-2H3,(H,17,19). The zero-order valence-corrected chi connectivity index (χ0v) is 14.1. The van der Waals surface area contributed by atoms with Crippen molar-refractivity contribution in [3.63, 3.8) is 0 Å². The van der Waals surface area contributed by atoms with Crippen LogP contribution in [0, 0.1) is 6.92 Å². The molecule has 0 saturated heterocycles. The summed E-state index contributed by atoms with van der Waals surface area (Å²) >= 11 is 0. The molecular weight excluding hydrogens is 330 g/mol. The summed E-state index contributed by atoms with van der Waals surface area (Å²) < 4.78 is 33.4. The van der Waals surface area contributed by atoms with Gasteiger partial charge >= 0.3 is 0 Å². The SMILES string of the molecule is Cc1nc(OCc2ccccc2)c(COS(C)(=O)=O)c2cn[nH]c12. The van der Waals surface area contributed by atoms with Gasteiger partial charge < -0.3 is 4.74 Å². The lowest BCUT2D eigenvalue weighted by Crippen LogP contribution is -2.07. The smallest absolute Gasteiger partial charge is 0.264 e. The van der Waals surface area contributed by atoms with Crippen LogP contribution in [-0.2, 0) is 27.5 Å². The number of nitrogens with zero attached hydrogens (tertiary/aromatic N) is 2. The van der Waals surface area contributed by atoms with Crippen LogP contribution in [0.1, 0.15) is 16.8 Å². The molecule has 7 nitrogen and oxygen atoms in total. The van der Waals surface area contributed by atoms with Crippen molar-refractivity contribution in [1.82, 2.24) is 15.2 Å². The summed E-state index contributed by atoms with van der Waals surface area (Å²) in [6.07, 6.45) is 2.62. The molecule has 0 saturated carbocycles. The zero-order chi connectivity index (χ0) is 17.2. The minimum atomic E-state index is -3.58. The van der Waals surface area contributed by atoms with Crippen LogP contribution in [0.5, 0.6) is 5.88 Å². The Morgan fingerprint density at radius 3 is 2.62 bits per heavy atom. The summed E-state index contributed by atoms with van der Waals surface area (Å²) in [7, 11) is -3.58. The largest absolute Gasteiger partial charge is 0.473 e. The summed E-state index contributed by atoms with van der Waals surface area (Å²) in [6, 6.07) is 9.65. The van der Waals surface area contributed by atoms with Gasteiger partial charge in [-0.2, -0.15) is 13.5 Å². The molecule has 1 N–H and O–H groups in total. The van der Waals surface area contributed by atoms with Crippen LogP contribution in [0.4, 0.5) is 0 Å². The molecular formula is C16H17N3O4S. The van der Waals surface area contributed by atoms with Crippen LogP contribution >= 0.6 is 0 Å². The molecule has 0 radical (unpaired) electrons. The van der Waals surface area contributed by atoms with Crippen LogP contribution < -0.4 is 4.74 Å². The van der Waals surface area contributed by atoms with E-state index in [0.29, 0.717) is 23.7 Å². The molecule has 1 aromatic carbocycles. The second-order valence-corrected chi connectivity index (χ2v) is 7.02. The molecule has 0 aliphatic carbocycles. The van der Waals surface area contributed by atoms with E-state index in [2.05, 4.69) is 15.2 Å². The van der Waals surface area contributed by atoms with E-state index < -0.39 is 10.1 Å². The van der Waals surface area contributed by atoms with Gasteiger partial charge in [0, 0.05) is 5.39 Å². The molecule has 0 bridgehead atoms. The van der Waals surface area contributed by atoms with E-state index >= 15 is 0 Å². The predicted molar refractivity (Wildman–Crippen MR) is 89.0 cm³/mol. The number of benzene rings is 1. The molecule has 0 fully saturated rings. The van der Waals surface area contributed by atoms with Gasteiger partial charge in [0.2, 0.25) is 5.88 Å². The lowest BCUT2D eigenvalue weighted by atomic mass is 10.1. The third kappa shape index (κ3) is 3.72. The van der Waals surface area contributed by atoms with E-state index in [1.54, 1.807) is 6.20 Å². The molecule has 0 amide bonds. The van der Waals surface area contributed by atoms with E-state index in [1.807, 2.05) is 37.3 Å². The first-order valence-electron chi connectivity index (χ1n) is 7.28. The maximum absolute atomic E-state index is 11.3. The normalized spacial score (nSPS) is 11.8. The molecule has 8 heteroatoms. The molecule has 3 rings (SSSR count). The van der Waals surface area contributed by atoms with Crippen molar-refractivity contribution in [2.45, 2.75) is 20.1 Å². The Labute approximate surface area is 139 Å². The van der Waals surface area contributed by atoms with Crippen molar-refractivity contribution in [1.29, 1.82) is 0 Å². The predicted octanol–water partition coefficient (Wildman–Crippen LogP) is 2.32. The van der Waals surface area contributed by atoms with Crippen molar-refractivity contribution in [2.24, 2.45) is 0 Å². The van der Waals surface area contributed by atoms with Crippen molar-refractivity contribution in [3.05, 3.63) is 53.3 Å². The number of aromatic amines is 1. The maximum atomic E-state index is 11.3. The van der Waals surface area contributed by atoms with Gasteiger partial charge in [0.1, 0.15) is 6.61 Å².